The Hall–Kier alpha value is -1.57. The monoisotopic (exact) mass is 274 g/mol. The van der Waals surface area contributed by atoms with E-state index in [1.54, 1.807) is 0 Å². The van der Waals surface area contributed by atoms with E-state index in [0.717, 1.165) is 4.90 Å². The third-order valence-electron chi connectivity index (χ3n) is 2.47. The molecule has 0 aromatic rings. The van der Waals surface area contributed by atoms with Crippen molar-refractivity contribution in [2.45, 2.75) is 17.7 Å². The molecule has 0 saturated carbocycles. The zero-order valence-electron chi connectivity index (χ0n) is 10.0. The molecule has 1 N–H and O–H groups in total. The normalized spacial score (nSPS) is 20.8. The number of rotatable bonds is 5. The molecule has 7 nitrogen and oxygen atoms in total. The van der Waals surface area contributed by atoms with E-state index in [9.17, 15) is 19.2 Å². The summed E-state index contributed by atoms with van der Waals surface area (Å²) in [5, 5.41) is 1.84. The molecule has 0 aliphatic carbocycles. The molecule has 0 spiro atoms. The summed E-state index contributed by atoms with van der Waals surface area (Å²) in [5.41, 5.74) is 0. The lowest BCUT2D eigenvalue weighted by molar-refractivity contribution is -0.136. The minimum absolute atomic E-state index is 0.129. The van der Waals surface area contributed by atoms with Crippen LogP contribution in [0.15, 0.2) is 0 Å². The molecule has 0 aromatic heterocycles. The first-order valence-corrected chi connectivity index (χ1v) is 6.26. The molecule has 100 valence electrons. The number of methoxy groups -OCH3 is 1. The van der Waals surface area contributed by atoms with Gasteiger partial charge >= 0.3 is 6.09 Å². The first-order valence-electron chi connectivity index (χ1n) is 5.21. The highest BCUT2D eigenvalue weighted by Crippen LogP contribution is 2.24. The summed E-state index contributed by atoms with van der Waals surface area (Å²) in [6.07, 6.45) is -0.0165. The van der Waals surface area contributed by atoms with Crippen LogP contribution >= 0.6 is 11.8 Å². The van der Waals surface area contributed by atoms with Gasteiger partial charge in [0, 0.05) is 19.2 Å². The number of carbonyl (C=O) groups excluding carboxylic acids is 4. The zero-order valence-corrected chi connectivity index (χ0v) is 10.9. The highest BCUT2D eigenvalue weighted by atomic mass is 32.2. The van der Waals surface area contributed by atoms with Gasteiger partial charge in [0.2, 0.25) is 11.8 Å². The Morgan fingerprint density at radius 1 is 1.67 bits per heavy atom. The number of nitrogens with zero attached hydrogens (tertiary/aromatic N) is 1. The summed E-state index contributed by atoms with van der Waals surface area (Å²) >= 11 is 1.17. The van der Waals surface area contributed by atoms with E-state index in [0.29, 0.717) is 6.29 Å². The van der Waals surface area contributed by atoms with Crippen molar-refractivity contribution in [2.75, 3.05) is 19.9 Å². The minimum atomic E-state index is -0.740. The first kappa shape index (κ1) is 14.5. The molecular weight excluding hydrogens is 260 g/mol. The van der Waals surface area contributed by atoms with Crippen molar-refractivity contribution in [3.63, 3.8) is 0 Å². The topological polar surface area (TPSA) is 92.8 Å². The number of thioether (sulfide) groups is 1. The predicted molar refractivity (Wildman–Crippen MR) is 64.0 cm³/mol. The first-order chi connectivity index (χ1) is 8.49. The van der Waals surface area contributed by atoms with Gasteiger partial charge in [-0.3, -0.25) is 14.5 Å². The SMILES string of the molecule is COC(=O)NC(C=O)CSC1CC(=O)N(C)C1=O. The molecule has 1 saturated heterocycles. The van der Waals surface area contributed by atoms with Gasteiger partial charge in [-0.05, 0) is 0 Å². The second kappa shape index (κ2) is 6.39. The van der Waals surface area contributed by atoms with E-state index >= 15 is 0 Å². The van der Waals surface area contributed by atoms with Crippen LogP contribution in [0, 0.1) is 0 Å². The standard InChI is InChI=1S/C10H14N2O5S/c1-12-8(14)3-7(9(12)15)18-5-6(4-13)11-10(16)17-2/h4,6-7H,3,5H2,1-2H3,(H,11,16). The van der Waals surface area contributed by atoms with Crippen LogP contribution in [0.3, 0.4) is 0 Å². The second-order valence-corrected chi connectivity index (χ2v) is 4.93. The molecule has 8 heteroatoms. The van der Waals surface area contributed by atoms with E-state index in [1.165, 1.54) is 25.9 Å². The number of hydrogen-bond acceptors (Lipinski definition) is 6. The van der Waals surface area contributed by atoms with Gasteiger partial charge < -0.3 is 14.8 Å². The molecule has 0 aromatic carbocycles. The Kier molecular flexibility index (Phi) is 5.14. The Morgan fingerprint density at radius 2 is 2.33 bits per heavy atom. The zero-order chi connectivity index (χ0) is 13.7. The largest absolute Gasteiger partial charge is 0.453 e. The van der Waals surface area contributed by atoms with Crippen molar-refractivity contribution in [3.8, 4) is 0 Å². The van der Waals surface area contributed by atoms with E-state index in [4.69, 9.17) is 0 Å². The molecule has 0 bridgehead atoms. The summed E-state index contributed by atoms with van der Waals surface area (Å²) in [7, 11) is 2.62. The molecule has 1 rings (SSSR count). The Morgan fingerprint density at radius 3 is 2.78 bits per heavy atom. The van der Waals surface area contributed by atoms with Crippen molar-refractivity contribution >= 4 is 36.0 Å². The fourth-order valence-electron chi connectivity index (χ4n) is 1.40. The Bertz CT molecular complexity index is 373. The number of ether oxygens (including phenoxy) is 1. The van der Waals surface area contributed by atoms with Crippen LogP contribution in [0.5, 0.6) is 0 Å². The maximum atomic E-state index is 11.6. The molecule has 3 amide bonds. The van der Waals surface area contributed by atoms with Gasteiger partial charge in [0.05, 0.1) is 18.4 Å². The summed E-state index contributed by atoms with van der Waals surface area (Å²) in [4.78, 5) is 45.6. The molecule has 2 atom stereocenters. The van der Waals surface area contributed by atoms with Crippen molar-refractivity contribution < 1.29 is 23.9 Å². The number of carbonyl (C=O) groups is 4. The Labute approximate surface area is 108 Å². The lowest BCUT2D eigenvalue weighted by atomic mass is 10.3. The summed E-state index contributed by atoms with van der Waals surface area (Å²) in [6.45, 7) is 0. The molecule has 2 unspecified atom stereocenters. The fraction of sp³-hybridized carbons (Fsp3) is 0.600. The highest BCUT2D eigenvalue weighted by molar-refractivity contribution is 8.00. The van der Waals surface area contributed by atoms with Crippen LogP contribution in [0.1, 0.15) is 6.42 Å². The molecule has 18 heavy (non-hydrogen) atoms. The molecular formula is C10H14N2O5S. The van der Waals surface area contributed by atoms with E-state index in [-0.39, 0.29) is 24.0 Å². The summed E-state index contributed by atoms with van der Waals surface area (Å²) in [5.74, 6) is -0.287. The second-order valence-electron chi connectivity index (χ2n) is 3.70. The lowest BCUT2D eigenvalue weighted by Gasteiger charge is -2.13. The number of alkyl carbamates (subject to hydrolysis) is 1. The minimum Gasteiger partial charge on any atom is -0.453 e. The number of hydrogen-bond donors (Lipinski definition) is 1. The van der Waals surface area contributed by atoms with E-state index in [1.807, 2.05) is 0 Å². The third-order valence-corrected chi connectivity index (χ3v) is 3.79. The highest BCUT2D eigenvalue weighted by Gasteiger charge is 2.36. The van der Waals surface area contributed by atoms with Crippen LogP contribution in [0.2, 0.25) is 0 Å². The molecule has 1 fully saturated rings. The quantitative estimate of drug-likeness (QED) is 0.531. The van der Waals surface area contributed by atoms with Crippen LogP contribution in [-0.2, 0) is 19.1 Å². The maximum Gasteiger partial charge on any atom is 0.407 e. The van der Waals surface area contributed by atoms with Crippen LogP contribution in [0.25, 0.3) is 0 Å². The third kappa shape index (κ3) is 3.46. The smallest absolute Gasteiger partial charge is 0.407 e. The number of amides is 3. The van der Waals surface area contributed by atoms with Crippen LogP contribution in [0.4, 0.5) is 4.79 Å². The van der Waals surface area contributed by atoms with Gasteiger partial charge in [-0.25, -0.2) is 4.79 Å². The molecule has 1 aliphatic rings. The Balaban J connectivity index is 2.44. The summed E-state index contributed by atoms with van der Waals surface area (Å²) < 4.78 is 4.36. The number of nitrogens with one attached hydrogen (secondary N) is 1. The molecule has 0 radical (unpaired) electrons. The average Bonchev–Trinajstić information content (AvgIpc) is 2.61. The van der Waals surface area contributed by atoms with E-state index < -0.39 is 17.4 Å². The van der Waals surface area contributed by atoms with E-state index in [2.05, 4.69) is 10.1 Å². The van der Waals surface area contributed by atoms with Crippen molar-refractivity contribution in [2.24, 2.45) is 0 Å². The number of aldehydes is 1. The maximum absolute atomic E-state index is 11.6. The predicted octanol–water partition coefficient (Wildman–Crippen LogP) is -0.600. The van der Waals surface area contributed by atoms with Gasteiger partial charge in [-0.1, -0.05) is 0 Å². The fourth-order valence-corrected chi connectivity index (χ4v) is 2.56. The van der Waals surface area contributed by atoms with Crippen molar-refractivity contribution in [3.05, 3.63) is 0 Å². The van der Waals surface area contributed by atoms with Gasteiger partial charge in [0.1, 0.15) is 6.29 Å². The van der Waals surface area contributed by atoms with Crippen molar-refractivity contribution in [1.82, 2.24) is 10.2 Å². The number of likely N-dealkylation sites (tertiary alicyclic amines) is 1. The van der Waals surface area contributed by atoms with Gasteiger partial charge in [0.25, 0.3) is 0 Å². The molecule has 1 aliphatic heterocycles. The van der Waals surface area contributed by atoms with Crippen molar-refractivity contribution in [1.29, 1.82) is 0 Å². The molecule has 1 heterocycles. The summed E-state index contributed by atoms with van der Waals surface area (Å²) in [6, 6.07) is -0.740. The van der Waals surface area contributed by atoms with Gasteiger partial charge in [0.15, 0.2) is 0 Å². The van der Waals surface area contributed by atoms with Gasteiger partial charge in [-0.2, -0.15) is 0 Å². The van der Waals surface area contributed by atoms with Crippen LogP contribution in [-0.4, -0.2) is 60.3 Å². The van der Waals surface area contributed by atoms with Crippen LogP contribution < -0.4 is 5.32 Å². The average molecular weight is 274 g/mol. The number of imide groups is 1. The van der Waals surface area contributed by atoms with Gasteiger partial charge in [-0.15, -0.1) is 11.8 Å². The lowest BCUT2D eigenvalue weighted by Crippen LogP contribution is -2.38.